The molecule has 0 fully saturated rings. The van der Waals surface area contributed by atoms with Gasteiger partial charge in [-0.2, -0.15) is 27.4 Å². The molecule has 244 valence electrons. The van der Waals surface area contributed by atoms with Crippen molar-refractivity contribution in [3.8, 4) is 22.6 Å². The molecule has 0 bridgehead atoms. The highest BCUT2D eigenvalue weighted by atomic mass is 19.4. The van der Waals surface area contributed by atoms with Crippen molar-refractivity contribution < 1.29 is 26.7 Å². The summed E-state index contributed by atoms with van der Waals surface area (Å²) in [4.78, 5) is 9.49. The van der Waals surface area contributed by atoms with Gasteiger partial charge in [0, 0.05) is 34.5 Å². The number of aryl methyl sites for hydroxylation is 1. The molecular weight excluding hydrogens is 625 g/mol. The third kappa shape index (κ3) is 4.00. The van der Waals surface area contributed by atoms with E-state index in [-0.39, 0.29) is 0 Å². The van der Waals surface area contributed by atoms with E-state index in [1.165, 1.54) is 11.6 Å². The van der Waals surface area contributed by atoms with Crippen molar-refractivity contribution in [1.29, 1.82) is 0 Å². The maximum absolute atomic E-state index is 14.3. The zero-order valence-corrected chi connectivity index (χ0v) is 27.3. The van der Waals surface area contributed by atoms with Crippen LogP contribution in [0.15, 0.2) is 89.7 Å². The van der Waals surface area contributed by atoms with Crippen molar-refractivity contribution >= 4 is 44.5 Å². The lowest BCUT2D eigenvalue weighted by Gasteiger charge is -2.35. The fraction of sp³-hybridized carbons (Fsp3) is 0.256. The Bertz CT molecular complexity index is 2520. The van der Waals surface area contributed by atoms with Crippen molar-refractivity contribution in [2.24, 2.45) is 0 Å². The average Bonchev–Trinajstić information content (AvgIpc) is 3.83. The molecule has 0 saturated carbocycles. The molecule has 7 heterocycles. The number of aromatic nitrogens is 6. The van der Waals surface area contributed by atoms with Crippen LogP contribution in [0.1, 0.15) is 63.3 Å². The van der Waals surface area contributed by atoms with Crippen molar-refractivity contribution in [2.45, 2.75) is 64.6 Å². The first-order valence-corrected chi connectivity index (χ1v) is 16.9. The van der Waals surface area contributed by atoms with Crippen LogP contribution in [0, 0.1) is 0 Å². The van der Waals surface area contributed by atoms with Crippen molar-refractivity contribution in [3.63, 3.8) is 0 Å². The molecule has 0 N–H and O–H groups in total. The predicted molar refractivity (Wildman–Crippen MR) is 181 cm³/mol. The van der Waals surface area contributed by atoms with Gasteiger partial charge in [0.1, 0.15) is 22.6 Å². The van der Waals surface area contributed by atoms with Crippen LogP contribution < -0.4 is 9.13 Å². The van der Waals surface area contributed by atoms with E-state index < -0.39 is 17.4 Å². The molecule has 2 aromatic carbocycles. The molecule has 7 nitrogen and oxygen atoms in total. The molecular formula is C39H33F3N6O+2. The molecule has 49 heavy (non-hydrogen) atoms. The van der Waals surface area contributed by atoms with Crippen LogP contribution in [-0.2, 0) is 18.1 Å². The molecule has 7 aromatic rings. The van der Waals surface area contributed by atoms with E-state index in [0.29, 0.717) is 35.4 Å². The van der Waals surface area contributed by atoms with E-state index in [1.54, 1.807) is 17.1 Å². The summed E-state index contributed by atoms with van der Waals surface area (Å²) >= 11 is 0. The molecule has 0 radical (unpaired) electrons. The number of hydrogen-bond donors (Lipinski definition) is 0. The summed E-state index contributed by atoms with van der Waals surface area (Å²) in [5.41, 5.74) is 7.76. The number of nitrogens with zero attached hydrogens (tertiary/aromatic N) is 6. The van der Waals surface area contributed by atoms with Gasteiger partial charge >= 0.3 is 11.8 Å². The second-order valence-electron chi connectivity index (χ2n) is 12.9. The van der Waals surface area contributed by atoms with Gasteiger partial charge in [-0.05, 0) is 72.6 Å². The number of alkyl halides is 3. The summed E-state index contributed by atoms with van der Waals surface area (Å²) in [6, 6.07) is 21.3. The van der Waals surface area contributed by atoms with Crippen molar-refractivity contribution in [3.05, 3.63) is 102 Å². The molecule has 9 rings (SSSR count). The SMILES string of the molecule is CCCCc1cccc2oc3c4c(ccc3c12)C(=C1[n+]2ccccc2-c2cc(C(F)(F)F)nn2C1(CC)CC)[n+]1c-4ccc2nccnc21. The smallest absolute Gasteiger partial charge is 0.435 e. The van der Waals surface area contributed by atoms with Gasteiger partial charge in [-0.3, -0.25) is 0 Å². The Kier molecular flexibility index (Phi) is 6.41. The molecule has 0 amide bonds. The molecule has 0 aliphatic carbocycles. The Balaban J connectivity index is 1.46. The highest BCUT2D eigenvalue weighted by molar-refractivity contribution is 6.13. The number of allylic oxidation sites excluding steroid dienone is 1. The number of hydrogen-bond acceptors (Lipinski definition) is 4. The number of benzene rings is 2. The number of rotatable bonds is 5. The lowest BCUT2D eigenvalue weighted by Crippen LogP contribution is -2.55. The molecule has 0 unspecified atom stereocenters. The quantitative estimate of drug-likeness (QED) is 0.174. The standard InChI is InChI=1S/C39H33F3N6O/c1-4-7-11-23-12-10-14-30-32(23)25-16-15-24-33(35(25)49-30)28-18-17-26-37(44-20-19-43-26)47(28)34(24)36-38(5-2,6-3)48-29(22-31(45-48)39(40,41)42)27-13-8-9-21-46(27)36/h8-10,12-22H,4-7,11H2,1-3H3/q+2. The Labute approximate surface area is 280 Å². The number of halogens is 3. The highest BCUT2D eigenvalue weighted by Crippen LogP contribution is 2.50. The first-order chi connectivity index (χ1) is 23.8. The summed E-state index contributed by atoms with van der Waals surface area (Å²) < 4.78 is 55.4. The molecule has 0 atom stereocenters. The molecule has 0 saturated heterocycles. The maximum atomic E-state index is 14.3. The van der Waals surface area contributed by atoms with E-state index in [9.17, 15) is 13.2 Å². The summed E-state index contributed by atoms with van der Waals surface area (Å²) in [6.07, 6.45) is 4.79. The van der Waals surface area contributed by atoms with Gasteiger partial charge in [-0.15, -0.1) is 0 Å². The number of fused-ring (bicyclic) bond motifs is 12. The van der Waals surface area contributed by atoms with Crippen LogP contribution in [0.2, 0.25) is 0 Å². The van der Waals surface area contributed by atoms with E-state index >= 15 is 0 Å². The monoisotopic (exact) mass is 658 g/mol. The van der Waals surface area contributed by atoms with Gasteiger partial charge in [-0.1, -0.05) is 39.3 Å². The van der Waals surface area contributed by atoms with Crippen molar-refractivity contribution in [2.75, 3.05) is 0 Å². The Hall–Kier alpha value is -5.38. The fourth-order valence-electron chi connectivity index (χ4n) is 8.16. The third-order valence-corrected chi connectivity index (χ3v) is 10.4. The van der Waals surface area contributed by atoms with E-state index in [1.807, 2.05) is 61.0 Å². The zero-order valence-electron chi connectivity index (χ0n) is 27.3. The van der Waals surface area contributed by atoms with Gasteiger partial charge in [-0.25, -0.2) is 9.67 Å². The van der Waals surface area contributed by atoms with Gasteiger partial charge in [0.25, 0.3) is 5.70 Å². The minimum atomic E-state index is -4.60. The van der Waals surface area contributed by atoms with Crippen LogP contribution >= 0.6 is 0 Å². The van der Waals surface area contributed by atoms with E-state index in [0.717, 1.165) is 69.4 Å². The highest BCUT2D eigenvalue weighted by Gasteiger charge is 2.55. The average molecular weight is 659 g/mol. The van der Waals surface area contributed by atoms with E-state index in [2.05, 4.69) is 45.8 Å². The number of unbranched alkanes of at least 4 members (excludes halogenated alkanes) is 1. The predicted octanol–water partition coefficient (Wildman–Crippen LogP) is 8.71. The lowest BCUT2D eigenvalue weighted by molar-refractivity contribution is -0.595. The second kappa shape index (κ2) is 10.6. The minimum Gasteiger partial charge on any atom is -0.455 e. The zero-order chi connectivity index (χ0) is 33.7. The summed E-state index contributed by atoms with van der Waals surface area (Å²) in [6.45, 7) is 6.23. The number of pyridine rings is 2. The fourth-order valence-corrected chi connectivity index (χ4v) is 8.16. The summed E-state index contributed by atoms with van der Waals surface area (Å²) in [5.74, 6) is 0. The Morgan fingerprint density at radius 1 is 0.898 bits per heavy atom. The first-order valence-electron chi connectivity index (χ1n) is 16.9. The summed E-state index contributed by atoms with van der Waals surface area (Å²) in [7, 11) is 0. The molecule has 0 spiro atoms. The lowest BCUT2D eigenvalue weighted by atomic mass is 9.83. The van der Waals surface area contributed by atoms with Crippen LogP contribution in [0.25, 0.3) is 67.1 Å². The largest absolute Gasteiger partial charge is 0.455 e. The summed E-state index contributed by atoms with van der Waals surface area (Å²) in [5, 5.41) is 6.47. The van der Waals surface area contributed by atoms with Crippen LogP contribution in [0.4, 0.5) is 13.2 Å². The van der Waals surface area contributed by atoms with Gasteiger partial charge < -0.3 is 4.42 Å². The topological polar surface area (TPSA) is 64.5 Å². The third-order valence-electron chi connectivity index (χ3n) is 10.4. The van der Waals surface area contributed by atoms with Crippen molar-refractivity contribution in [1.82, 2.24) is 19.7 Å². The van der Waals surface area contributed by atoms with Gasteiger partial charge in [0.2, 0.25) is 11.4 Å². The Morgan fingerprint density at radius 3 is 2.53 bits per heavy atom. The van der Waals surface area contributed by atoms with Crippen LogP contribution in [0.3, 0.4) is 0 Å². The first kappa shape index (κ1) is 29.7. The Morgan fingerprint density at radius 2 is 1.73 bits per heavy atom. The minimum absolute atomic E-state index is 0.425. The molecule has 2 aliphatic heterocycles. The van der Waals surface area contributed by atoms with Crippen LogP contribution in [0.5, 0.6) is 0 Å². The molecule has 10 heteroatoms. The molecule has 2 aliphatic rings. The number of furan rings is 1. The molecule has 5 aromatic heterocycles. The van der Waals surface area contributed by atoms with E-state index in [4.69, 9.17) is 9.40 Å². The second-order valence-corrected chi connectivity index (χ2v) is 12.9. The van der Waals surface area contributed by atoms with Gasteiger partial charge in [0.15, 0.2) is 29.1 Å². The maximum Gasteiger partial charge on any atom is 0.435 e. The van der Waals surface area contributed by atoms with Gasteiger partial charge in [0.05, 0.1) is 11.8 Å². The van der Waals surface area contributed by atoms with Crippen LogP contribution in [-0.4, -0.2) is 19.7 Å². The normalized spacial score (nSPS) is 16.3.